The zero-order valence-electron chi connectivity index (χ0n) is 8.59. The molecule has 1 rings (SSSR count). The summed E-state index contributed by atoms with van der Waals surface area (Å²) in [4.78, 5) is 12.5. The largest absolute Gasteiger partial charge is 0.350 e. The van der Waals surface area contributed by atoms with E-state index in [1.54, 1.807) is 0 Å². The van der Waals surface area contributed by atoms with Crippen molar-refractivity contribution in [2.24, 2.45) is 0 Å². The maximum atomic E-state index is 11.6. The molecule has 1 amide bonds. The summed E-state index contributed by atoms with van der Waals surface area (Å²) in [6.45, 7) is 3.54. The summed E-state index contributed by atoms with van der Waals surface area (Å²) in [6, 6.07) is 2.01. The van der Waals surface area contributed by atoms with Gasteiger partial charge in [0.25, 0.3) is 5.91 Å². The van der Waals surface area contributed by atoms with Crippen LogP contribution in [0.3, 0.4) is 0 Å². The quantitative estimate of drug-likeness (QED) is 0.721. The van der Waals surface area contributed by atoms with Crippen molar-refractivity contribution < 1.29 is 4.79 Å². The maximum Gasteiger partial charge on any atom is 0.261 e. The second-order valence-electron chi connectivity index (χ2n) is 2.99. The molecule has 0 bridgehead atoms. The molecule has 3 nitrogen and oxygen atoms in total. The highest BCUT2D eigenvalue weighted by atomic mass is 32.1. The summed E-state index contributed by atoms with van der Waals surface area (Å²) in [7, 11) is 1.87. The lowest BCUT2D eigenvalue weighted by Crippen LogP contribution is -2.30. The number of aryl methyl sites for hydroxylation is 1. The molecule has 0 atom stereocenters. The molecule has 0 fully saturated rings. The van der Waals surface area contributed by atoms with Gasteiger partial charge in [0.05, 0.1) is 4.88 Å². The molecule has 1 aromatic rings. The van der Waals surface area contributed by atoms with Crippen LogP contribution in [0.25, 0.3) is 0 Å². The zero-order chi connectivity index (χ0) is 10.4. The number of nitrogens with one attached hydrogen (secondary N) is 2. The van der Waals surface area contributed by atoms with E-state index in [4.69, 9.17) is 0 Å². The standard InChI is InChI=1S/C10H16N2OS/c1-3-8-4-7-14-9(8)10(13)12-6-5-11-2/h4,7,11H,3,5-6H2,1-2H3,(H,12,13). The van der Waals surface area contributed by atoms with Gasteiger partial charge in [0.15, 0.2) is 0 Å². The third kappa shape index (κ3) is 2.82. The average molecular weight is 212 g/mol. The Hall–Kier alpha value is -0.870. The van der Waals surface area contributed by atoms with Gasteiger partial charge in [-0.25, -0.2) is 0 Å². The van der Waals surface area contributed by atoms with Gasteiger partial charge in [0, 0.05) is 13.1 Å². The summed E-state index contributed by atoms with van der Waals surface area (Å²) >= 11 is 1.51. The smallest absolute Gasteiger partial charge is 0.261 e. The number of likely N-dealkylation sites (N-methyl/N-ethyl adjacent to an activating group) is 1. The minimum absolute atomic E-state index is 0.0482. The Morgan fingerprint density at radius 1 is 1.50 bits per heavy atom. The van der Waals surface area contributed by atoms with Crippen molar-refractivity contribution in [1.29, 1.82) is 0 Å². The number of hydrogen-bond donors (Lipinski definition) is 2. The molecule has 0 aliphatic rings. The van der Waals surface area contributed by atoms with E-state index >= 15 is 0 Å². The van der Waals surface area contributed by atoms with Crippen LogP contribution in [0.5, 0.6) is 0 Å². The Morgan fingerprint density at radius 2 is 2.29 bits per heavy atom. The fourth-order valence-corrected chi connectivity index (χ4v) is 2.11. The van der Waals surface area contributed by atoms with Crippen LogP contribution in [0.4, 0.5) is 0 Å². The second-order valence-corrected chi connectivity index (χ2v) is 3.90. The fraction of sp³-hybridized carbons (Fsp3) is 0.500. The normalized spacial score (nSPS) is 10.1. The van der Waals surface area contributed by atoms with Gasteiger partial charge in [0.1, 0.15) is 0 Å². The number of carbonyl (C=O) groups excluding carboxylic acids is 1. The highest BCUT2D eigenvalue weighted by Gasteiger charge is 2.10. The van der Waals surface area contributed by atoms with E-state index in [0.717, 1.165) is 23.4 Å². The molecule has 1 aromatic heterocycles. The first-order valence-corrected chi connectivity index (χ1v) is 5.66. The third-order valence-corrected chi connectivity index (χ3v) is 2.95. The lowest BCUT2D eigenvalue weighted by atomic mass is 10.2. The van der Waals surface area contributed by atoms with Crippen molar-refractivity contribution in [3.63, 3.8) is 0 Å². The molecular weight excluding hydrogens is 196 g/mol. The average Bonchev–Trinajstić information content (AvgIpc) is 2.65. The molecule has 0 aromatic carbocycles. The molecule has 0 unspecified atom stereocenters. The van der Waals surface area contributed by atoms with Gasteiger partial charge in [-0.15, -0.1) is 11.3 Å². The van der Waals surface area contributed by atoms with Gasteiger partial charge in [-0.1, -0.05) is 6.92 Å². The molecule has 0 radical (unpaired) electrons. The molecule has 2 N–H and O–H groups in total. The van der Waals surface area contributed by atoms with Crippen molar-refractivity contribution in [3.05, 3.63) is 21.9 Å². The van der Waals surface area contributed by atoms with E-state index < -0.39 is 0 Å². The van der Waals surface area contributed by atoms with E-state index in [2.05, 4.69) is 17.6 Å². The van der Waals surface area contributed by atoms with Crippen molar-refractivity contribution >= 4 is 17.2 Å². The van der Waals surface area contributed by atoms with Crippen molar-refractivity contribution in [2.45, 2.75) is 13.3 Å². The highest BCUT2D eigenvalue weighted by Crippen LogP contribution is 2.16. The molecular formula is C10H16N2OS. The molecule has 0 saturated heterocycles. The van der Waals surface area contributed by atoms with Crippen LogP contribution in [-0.4, -0.2) is 26.0 Å². The van der Waals surface area contributed by atoms with E-state index in [0.29, 0.717) is 6.54 Å². The maximum absolute atomic E-state index is 11.6. The summed E-state index contributed by atoms with van der Waals surface area (Å²) in [6.07, 6.45) is 0.915. The second kappa shape index (κ2) is 5.78. The first kappa shape index (κ1) is 11.2. The number of hydrogen-bond acceptors (Lipinski definition) is 3. The molecule has 14 heavy (non-hydrogen) atoms. The van der Waals surface area contributed by atoms with E-state index in [1.807, 2.05) is 18.5 Å². The Balaban J connectivity index is 2.51. The molecule has 0 aliphatic carbocycles. The van der Waals surface area contributed by atoms with Crippen LogP contribution in [-0.2, 0) is 6.42 Å². The van der Waals surface area contributed by atoms with Crippen LogP contribution < -0.4 is 10.6 Å². The first-order valence-electron chi connectivity index (χ1n) is 4.78. The Kier molecular flexibility index (Phi) is 4.62. The van der Waals surface area contributed by atoms with Gasteiger partial charge in [-0.05, 0) is 30.5 Å². The van der Waals surface area contributed by atoms with E-state index in [1.165, 1.54) is 11.3 Å². The van der Waals surface area contributed by atoms with Crippen LogP contribution in [0.15, 0.2) is 11.4 Å². The lowest BCUT2D eigenvalue weighted by molar-refractivity contribution is 0.0957. The number of thiophene rings is 1. The molecule has 0 aliphatic heterocycles. The SMILES string of the molecule is CCc1ccsc1C(=O)NCCNC. The Bertz CT molecular complexity index is 296. The summed E-state index contributed by atoms with van der Waals surface area (Å²) < 4.78 is 0. The molecule has 0 saturated carbocycles. The molecule has 4 heteroatoms. The van der Waals surface area contributed by atoms with Gasteiger partial charge < -0.3 is 10.6 Å². The lowest BCUT2D eigenvalue weighted by Gasteiger charge is -2.04. The number of amides is 1. The molecule has 78 valence electrons. The predicted molar refractivity (Wildman–Crippen MR) is 60.0 cm³/mol. The van der Waals surface area contributed by atoms with Gasteiger partial charge in [-0.2, -0.15) is 0 Å². The summed E-state index contributed by atoms with van der Waals surface area (Å²) in [5, 5.41) is 7.82. The zero-order valence-corrected chi connectivity index (χ0v) is 9.41. The Morgan fingerprint density at radius 3 is 2.93 bits per heavy atom. The predicted octanol–water partition coefficient (Wildman–Crippen LogP) is 1.26. The minimum Gasteiger partial charge on any atom is -0.350 e. The van der Waals surface area contributed by atoms with Crippen LogP contribution >= 0.6 is 11.3 Å². The molecule has 0 spiro atoms. The third-order valence-electron chi connectivity index (χ3n) is 1.99. The van der Waals surface area contributed by atoms with Crippen LogP contribution in [0.1, 0.15) is 22.2 Å². The minimum atomic E-state index is 0.0482. The summed E-state index contributed by atoms with van der Waals surface area (Å²) in [5.74, 6) is 0.0482. The van der Waals surface area contributed by atoms with Crippen LogP contribution in [0.2, 0.25) is 0 Å². The first-order chi connectivity index (χ1) is 6.79. The van der Waals surface area contributed by atoms with Crippen molar-refractivity contribution in [1.82, 2.24) is 10.6 Å². The fourth-order valence-electron chi connectivity index (χ4n) is 1.19. The number of carbonyl (C=O) groups is 1. The van der Waals surface area contributed by atoms with Crippen molar-refractivity contribution in [3.8, 4) is 0 Å². The topological polar surface area (TPSA) is 41.1 Å². The van der Waals surface area contributed by atoms with Crippen LogP contribution in [0, 0.1) is 0 Å². The van der Waals surface area contributed by atoms with Gasteiger partial charge >= 0.3 is 0 Å². The van der Waals surface area contributed by atoms with Gasteiger partial charge in [-0.3, -0.25) is 4.79 Å². The number of rotatable bonds is 5. The monoisotopic (exact) mass is 212 g/mol. The van der Waals surface area contributed by atoms with Crippen molar-refractivity contribution in [2.75, 3.05) is 20.1 Å². The van der Waals surface area contributed by atoms with Gasteiger partial charge in [0.2, 0.25) is 0 Å². The highest BCUT2D eigenvalue weighted by molar-refractivity contribution is 7.12. The van der Waals surface area contributed by atoms with E-state index in [-0.39, 0.29) is 5.91 Å². The summed E-state index contributed by atoms with van der Waals surface area (Å²) in [5.41, 5.74) is 1.14. The Labute approximate surface area is 88.5 Å². The van der Waals surface area contributed by atoms with E-state index in [9.17, 15) is 4.79 Å². The molecule has 1 heterocycles.